The first kappa shape index (κ1) is 21.8. The molecular formula is C20H15BrClNO4S2. The van der Waals surface area contributed by atoms with Crippen molar-refractivity contribution in [3.05, 3.63) is 68.0 Å². The van der Waals surface area contributed by atoms with Gasteiger partial charge in [-0.1, -0.05) is 63.6 Å². The molecule has 1 aliphatic rings. The van der Waals surface area contributed by atoms with Crippen molar-refractivity contribution >= 4 is 73.8 Å². The van der Waals surface area contributed by atoms with Crippen molar-refractivity contribution in [2.75, 3.05) is 6.54 Å². The predicted molar refractivity (Wildman–Crippen MR) is 122 cm³/mol. The van der Waals surface area contributed by atoms with E-state index in [0.717, 1.165) is 21.8 Å². The summed E-state index contributed by atoms with van der Waals surface area (Å²) in [5, 5.41) is 9.51. The van der Waals surface area contributed by atoms with E-state index in [1.807, 2.05) is 30.3 Å². The molecule has 0 spiro atoms. The molecule has 1 aliphatic heterocycles. The minimum absolute atomic E-state index is 0.0513. The Morgan fingerprint density at radius 3 is 2.69 bits per heavy atom. The third-order valence-corrected chi connectivity index (χ3v) is 6.11. The van der Waals surface area contributed by atoms with Crippen LogP contribution in [0.1, 0.15) is 17.5 Å². The first-order valence-electron chi connectivity index (χ1n) is 8.47. The number of carboxylic acid groups (broad SMARTS) is 1. The normalized spacial score (nSPS) is 15.2. The molecule has 1 fully saturated rings. The number of benzene rings is 2. The highest BCUT2D eigenvalue weighted by Gasteiger charge is 2.32. The van der Waals surface area contributed by atoms with Gasteiger partial charge in [0, 0.05) is 21.6 Å². The van der Waals surface area contributed by atoms with Gasteiger partial charge < -0.3 is 9.84 Å². The van der Waals surface area contributed by atoms with Crippen LogP contribution in [0, 0.1) is 0 Å². The molecule has 2 aromatic rings. The largest absolute Gasteiger partial charge is 0.488 e. The van der Waals surface area contributed by atoms with Gasteiger partial charge in [0.25, 0.3) is 5.91 Å². The molecule has 1 saturated heterocycles. The Morgan fingerprint density at radius 1 is 1.28 bits per heavy atom. The second-order valence-corrected chi connectivity index (χ2v) is 9.10. The number of nitrogens with zero attached hydrogens (tertiary/aromatic N) is 1. The Hall–Kier alpha value is -1.87. The highest BCUT2D eigenvalue weighted by Crippen LogP contribution is 2.35. The van der Waals surface area contributed by atoms with E-state index in [2.05, 4.69) is 15.9 Å². The van der Waals surface area contributed by atoms with E-state index in [9.17, 15) is 9.59 Å². The highest BCUT2D eigenvalue weighted by atomic mass is 79.9. The van der Waals surface area contributed by atoms with Crippen molar-refractivity contribution in [1.29, 1.82) is 0 Å². The van der Waals surface area contributed by atoms with E-state index in [1.54, 1.807) is 18.2 Å². The zero-order chi connectivity index (χ0) is 21.0. The molecule has 29 heavy (non-hydrogen) atoms. The molecule has 1 N–H and O–H groups in total. The number of aliphatic carboxylic acids is 1. The Kier molecular flexibility index (Phi) is 7.34. The SMILES string of the molecule is O=C(O)CCN1C(=O)C(=Cc2cc(Br)ccc2OCc2ccc(Cl)cc2)SC1=S. The molecule has 150 valence electrons. The number of thioether (sulfide) groups is 1. The fourth-order valence-electron chi connectivity index (χ4n) is 2.55. The number of hydrogen-bond donors (Lipinski definition) is 1. The number of amides is 1. The minimum atomic E-state index is -0.979. The lowest BCUT2D eigenvalue weighted by Crippen LogP contribution is -2.30. The molecule has 2 aromatic carbocycles. The Morgan fingerprint density at radius 2 is 2.00 bits per heavy atom. The zero-order valence-electron chi connectivity index (χ0n) is 14.9. The maximum absolute atomic E-state index is 12.6. The van der Waals surface area contributed by atoms with Crippen LogP contribution in [0.4, 0.5) is 0 Å². The van der Waals surface area contributed by atoms with Gasteiger partial charge in [0.15, 0.2) is 0 Å². The fourth-order valence-corrected chi connectivity index (χ4v) is 4.35. The molecule has 0 aliphatic carbocycles. The van der Waals surface area contributed by atoms with Crippen LogP contribution in [0.3, 0.4) is 0 Å². The number of carboxylic acids is 1. The average molecular weight is 513 g/mol. The van der Waals surface area contributed by atoms with Crippen molar-refractivity contribution < 1.29 is 19.4 Å². The molecule has 0 radical (unpaired) electrons. The summed E-state index contributed by atoms with van der Waals surface area (Å²) in [5.74, 6) is -0.670. The van der Waals surface area contributed by atoms with E-state index in [1.165, 1.54) is 4.90 Å². The first-order valence-corrected chi connectivity index (χ1v) is 10.9. The number of hydrogen-bond acceptors (Lipinski definition) is 5. The zero-order valence-corrected chi connectivity index (χ0v) is 18.9. The van der Waals surface area contributed by atoms with Crippen LogP contribution in [0.15, 0.2) is 51.8 Å². The third kappa shape index (κ3) is 5.82. The summed E-state index contributed by atoms with van der Waals surface area (Å²) < 4.78 is 7.13. The summed E-state index contributed by atoms with van der Waals surface area (Å²) in [7, 11) is 0. The lowest BCUT2D eigenvalue weighted by Gasteiger charge is -2.12. The molecule has 5 nitrogen and oxygen atoms in total. The van der Waals surface area contributed by atoms with Crippen molar-refractivity contribution in [3.63, 3.8) is 0 Å². The summed E-state index contributed by atoms with van der Waals surface area (Å²) in [5.41, 5.74) is 1.68. The Balaban J connectivity index is 1.80. The molecule has 0 aromatic heterocycles. The third-order valence-electron chi connectivity index (χ3n) is 3.99. The van der Waals surface area contributed by atoms with Crippen LogP contribution in [0.2, 0.25) is 5.02 Å². The second-order valence-electron chi connectivity index (χ2n) is 6.07. The lowest BCUT2D eigenvalue weighted by molar-refractivity contribution is -0.137. The molecule has 1 heterocycles. The van der Waals surface area contributed by atoms with Crippen molar-refractivity contribution in [1.82, 2.24) is 4.90 Å². The van der Waals surface area contributed by atoms with E-state index < -0.39 is 5.97 Å². The molecule has 0 atom stereocenters. The summed E-state index contributed by atoms with van der Waals surface area (Å²) in [6.45, 7) is 0.398. The molecule has 0 bridgehead atoms. The second kappa shape index (κ2) is 9.75. The number of carbonyl (C=O) groups is 2. The topological polar surface area (TPSA) is 66.8 Å². The number of rotatable bonds is 7. The van der Waals surface area contributed by atoms with Gasteiger partial charge in [0.1, 0.15) is 16.7 Å². The lowest BCUT2D eigenvalue weighted by atomic mass is 10.1. The van der Waals surface area contributed by atoms with Gasteiger partial charge in [-0.25, -0.2) is 0 Å². The maximum atomic E-state index is 12.6. The number of thiocarbonyl (C=S) groups is 1. The van der Waals surface area contributed by atoms with Gasteiger partial charge in [-0.15, -0.1) is 0 Å². The Labute approximate surface area is 190 Å². The quantitative estimate of drug-likeness (QED) is 0.398. The predicted octanol–water partition coefficient (Wildman–Crippen LogP) is 5.36. The Bertz CT molecular complexity index is 994. The molecule has 1 amide bonds. The van der Waals surface area contributed by atoms with Gasteiger partial charge in [0.2, 0.25) is 0 Å². The van der Waals surface area contributed by atoms with Crippen LogP contribution in [-0.4, -0.2) is 32.7 Å². The van der Waals surface area contributed by atoms with Crippen LogP contribution < -0.4 is 4.74 Å². The van der Waals surface area contributed by atoms with E-state index in [0.29, 0.717) is 32.2 Å². The summed E-state index contributed by atoms with van der Waals surface area (Å²) in [6.07, 6.45) is 1.55. The fraction of sp³-hybridized carbons (Fsp3) is 0.150. The summed E-state index contributed by atoms with van der Waals surface area (Å²) in [6, 6.07) is 12.9. The van der Waals surface area contributed by atoms with Gasteiger partial charge in [0.05, 0.1) is 11.3 Å². The average Bonchev–Trinajstić information content (AvgIpc) is 2.93. The van der Waals surface area contributed by atoms with Crippen molar-refractivity contribution in [2.45, 2.75) is 13.0 Å². The standard InChI is InChI=1S/C20H15BrClNO4S2/c21-14-3-6-16(27-11-12-1-4-15(22)5-2-12)13(9-14)10-17-19(26)23(20(28)29-17)8-7-18(24)25/h1-6,9-10H,7-8,11H2,(H,24,25). The van der Waals surface area contributed by atoms with E-state index in [4.69, 9.17) is 33.7 Å². The summed E-state index contributed by atoms with van der Waals surface area (Å²) in [4.78, 5) is 25.2. The highest BCUT2D eigenvalue weighted by molar-refractivity contribution is 9.10. The van der Waals surface area contributed by atoms with Crippen molar-refractivity contribution in [2.24, 2.45) is 0 Å². The summed E-state index contributed by atoms with van der Waals surface area (Å²) >= 11 is 15.7. The van der Waals surface area contributed by atoms with Crippen LogP contribution in [-0.2, 0) is 16.2 Å². The van der Waals surface area contributed by atoms with E-state index >= 15 is 0 Å². The molecule has 0 saturated carbocycles. The molecule has 9 heteroatoms. The smallest absolute Gasteiger partial charge is 0.305 e. The van der Waals surface area contributed by atoms with Crippen LogP contribution >= 0.6 is 51.5 Å². The van der Waals surface area contributed by atoms with Gasteiger partial charge in [-0.2, -0.15) is 0 Å². The monoisotopic (exact) mass is 511 g/mol. The first-order chi connectivity index (χ1) is 13.8. The maximum Gasteiger partial charge on any atom is 0.305 e. The minimum Gasteiger partial charge on any atom is -0.488 e. The van der Waals surface area contributed by atoms with E-state index in [-0.39, 0.29) is 18.9 Å². The van der Waals surface area contributed by atoms with Crippen LogP contribution in [0.25, 0.3) is 6.08 Å². The van der Waals surface area contributed by atoms with Gasteiger partial charge >= 0.3 is 5.97 Å². The molecular weight excluding hydrogens is 498 g/mol. The number of ether oxygens (including phenoxy) is 1. The number of halogens is 2. The van der Waals surface area contributed by atoms with Gasteiger partial charge in [-0.05, 0) is 42.0 Å². The van der Waals surface area contributed by atoms with Gasteiger partial charge in [-0.3, -0.25) is 14.5 Å². The van der Waals surface area contributed by atoms with Crippen molar-refractivity contribution in [3.8, 4) is 5.75 Å². The molecule has 3 rings (SSSR count). The molecule has 0 unspecified atom stereocenters. The van der Waals surface area contributed by atoms with Crippen LogP contribution in [0.5, 0.6) is 5.75 Å². The number of carbonyl (C=O) groups excluding carboxylic acids is 1.